The normalized spacial score (nSPS) is 10.1. The van der Waals surface area contributed by atoms with Gasteiger partial charge in [0.1, 0.15) is 12.4 Å². The van der Waals surface area contributed by atoms with E-state index in [0.29, 0.717) is 12.0 Å². The van der Waals surface area contributed by atoms with E-state index in [1.807, 2.05) is 0 Å². The maximum absolute atomic E-state index is 10.2. The van der Waals surface area contributed by atoms with Gasteiger partial charge in [-0.25, -0.2) is 0 Å². The van der Waals surface area contributed by atoms with E-state index >= 15 is 0 Å². The number of aliphatic hydroxyl groups excluding tert-OH is 1. The molecule has 0 aliphatic rings. The maximum Gasteiger partial charge on any atom is 0.185 e. The fraction of sp³-hybridized carbons (Fsp3) is 0.375. The highest BCUT2D eigenvalue weighted by Crippen LogP contribution is 2.06. The third kappa shape index (κ3) is 2.48. The minimum Gasteiger partial charge on any atom is -0.456 e. The second-order valence-electron chi connectivity index (χ2n) is 2.20. The molecule has 1 rings (SSSR count). The van der Waals surface area contributed by atoms with Gasteiger partial charge in [-0.2, -0.15) is 0 Å². The highest BCUT2D eigenvalue weighted by atomic mass is 16.5. The Hall–Kier alpha value is -1.13. The van der Waals surface area contributed by atoms with Gasteiger partial charge in [0.15, 0.2) is 12.0 Å². The van der Waals surface area contributed by atoms with Crippen LogP contribution in [0.15, 0.2) is 16.5 Å². The number of ether oxygens (including phenoxy) is 1. The van der Waals surface area contributed by atoms with Gasteiger partial charge in [-0.1, -0.05) is 0 Å². The summed E-state index contributed by atoms with van der Waals surface area (Å²) < 4.78 is 9.97. The molecular formula is C8H10O4. The van der Waals surface area contributed by atoms with Crippen LogP contribution in [0.1, 0.15) is 16.3 Å². The van der Waals surface area contributed by atoms with Crippen LogP contribution in [0.4, 0.5) is 0 Å². The molecule has 4 heteroatoms. The van der Waals surface area contributed by atoms with Crippen molar-refractivity contribution in [3.63, 3.8) is 0 Å². The lowest BCUT2D eigenvalue weighted by atomic mass is 10.4. The highest BCUT2D eigenvalue weighted by molar-refractivity contribution is 5.70. The molecule has 0 unspecified atom stereocenters. The van der Waals surface area contributed by atoms with Crippen molar-refractivity contribution >= 4 is 6.29 Å². The van der Waals surface area contributed by atoms with Gasteiger partial charge in [0.05, 0.1) is 13.2 Å². The Morgan fingerprint density at radius 1 is 1.58 bits per heavy atom. The first-order valence-electron chi connectivity index (χ1n) is 3.59. The zero-order chi connectivity index (χ0) is 8.81. The molecule has 0 aromatic carbocycles. The molecule has 1 aromatic rings. The van der Waals surface area contributed by atoms with Gasteiger partial charge in [-0.05, 0) is 12.1 Å². The van der Waals surface area contributed by atoms with Crippen LogP contribution < -0.4 is 0 Å². The van der Waals surface area contributed by atoms with Gasteiger partial charge in [0, 0.05) is 0 Å². The number of furan rings is 1. The van der Waals surface area contributed by atoms with Crippen LogP contribution in [-0.2, 0) is 11.3 Å². The third-order valence-corrected chi connectivity index (χ3v) is 1.28. The molecule has 0 aliphatic carbocycles. The van der Waals surface area contributed by atoms with Crippen LogP contribution in [0.2, 0.25) is 0 Å². The predicted octanol–water partition coefficient (Wildman–Crippen LogP) is 0.601. The first kappa shape index (κ1) is 8.96. The monoisotopic (exact) mass is 170 g/mol. The molecule has 1 heterocycles. The fourth-order valence-electron chi connectivity index (χ4n) is 0.773. The van der Waals surface area contributed by atoms with Crippen LogP contribution in [0.25, 0.3) is 0 Å². The molecule has 0 saturated carbocycles. The molecule has 66 valence electrons. The predicted molar refractivity (Wildman–Crippen MR) is 40.8 cm³/mol. The Bertz CT molecular complexity index is 241. The lowest BCUT2D eigenvalue weighted by molar-refractivity contribution is 0.0707. The van der Waals surface area contributed by atoms with Gasteiger partial charge >= 0.3 is 0 Å². The Morgan fingerprint density at radius 3 is 3.00 bits per heavy atom. The number of carbonyl (C=O) groups is 1. The first-order chi connectivity index (χ1) is 5.86. The quantitative estimate of drug-likeness (QED) is 0.519. The molecule has 0 radical (unpaired) electrons. The minimum atomic E-state index is -0.0127. The number of aldehydes is 1. The second-order valence-corrected chi connectivity index (χ2v) is 2.20. The number of carbonyl (C=O) groups excluding carboxylic acids is 1. The summed E-state index contributed by atoms with van der Waals surface area (Å²) in [6.45, 7) is 0.548. The van der Waals surface area contributed by atoms with Crippen LogP contribution >= 0.6 is 0 Å². The number of hydrogen-bond acceptors (Lipinski definition) is 4. The molecule has 0 bridgehead atoms. The van der Waals surface area contributed by atoms with Crippen molar-refractivity contribution in [2.45, 2.75) is 6.61 Å². The zero-order valence-corrected chi connectivity index (χ0v) is 6.53. The average Bonchev–Trinajstić information content (AvgIpc) is 2.53. The summed E-state index contributed by atoms with van der Waals surface area (Å²) >= 11 is 0. The molecule has 0 saturated heterocycles. The van der Waals surface area contributed by atoms with Crippen molar-refractivity contribution in [1.29, 1.82) is 0 Å². The van der Waals surface area contributed by atoms with E-state index in [9.17, 15) is 4.79 Å². The van der Waals surface area contributed by atoms with Crippen LogP contribution in [0.5, 0.6) is 0 Å². The molecule has 12 heavy (non-hydrogen) atoms. The smallest absolute Gasteiger partial charge is 0.185 e. The second kappa shape index (κ2) is 4.69. The van der Waals surface area contributed by atoms with E-state index in [-0.39, 0.29) is 25.6 Å². The largest absolute Gasteiger partial charge is 0.456 e. The number of hydrogen-bond donors (Lipinski definition) is 1. The Labute approximate surface area is 69.8 Å². The summed E-state index contributed by atoms with van der Waals surface area (Å²) in [6, 6.07) is 3.24. The molecular weight excluding hydrogens is 160 g/mol. The molecule has 0 amide bonds. The van der Waals surface area contributed by atoms with Crippen LogP contribution in [0, 0.1) is 0 Å². The van der Waals surface area contributed by atoms with Crippen molar-refractivity contribution in [3.05, 3.63) is 23.7 Å². The molecule has 1 aromatic heterocycles. The van der Waals surface area contributed by atoms with E-state index in [1.54, 1.807) is 12.1 Å². The average molecular weight is 170 g/mol. The van der Waals surface area contributed by atoms with Gasteiger partial charge in [0.25, 0.3) is 0 Å². The zero-order valence-electron chi connectivity index (χ0n) is 6.53. The van der Waals surface area contributed by atoms with Gasteiger partial charge in [-0.15, -0.1) is 0 Å². The minimum absolute atomic E-state index is 0.0127. The molecule has 0 fully saturated rings. The van der Waals surface area contributed by atoms with Crippen LogP contribution in [0.3, 0.4) is 0 Å². The topological polar surface area (TPSA) is 59.7 Å². The molecule has 4 nitrogen and oxygen atoms in total. The maximum atomic E-state index is 10.2. The summed E-state index contributed by atoms with van der Waals surface area (Å²) in [5, 5.41) is 8.38. The van der Waals surface area contributed by atoms with Crippen LogP contribution in [-0.4, -0.2) is 24.6 Å². The Morgan fingerprint density at radius 2 is 2.42 bits per heavy atom. The van der Waals surface area contributed by atoms with E-state index in [4.69, 9.17) is 14.3 Å². The Balaban J connectivity index is 2.36. The highest BCUT2D eigenvalue weighted by Gasteiger charge is 1.99. The summed E-state index contributed by atoms with van der Waals surface area (Å²) in [5.74, 6) is 0.878. The van der Waals surface area contributed by atoms with Crippen molar-refractivity contribution in [1.82, 2.24) is 0 Å². The molecule has 1 N–H and O–H groups in total. The number of aliphatic hydroxyl groups is 1. The summed E-state index contributed by atoms with van der Waals surface area (Å²) in [4.78, 5) is 10.2. The lowest BCUT2D eigenvalue weighted by Gasteiger charge is -1.96. The van der Waals surface area contributed by atoms with Gasteiger partial charge in [0.2, 0.25) is 0 Å². The van der Waals surface area contributed by atoms with Crippen molar-refractivity contribution in [3.8, 4) is 0 Å². The summed E-state index contributed by atoms with van der Waals surface area (Å²) in [5.41, 5.74) is 0. The number of rotatable bonds is 5. The molecule has 0 atom stereocenters. The standard InChI is InChI=1S/C8H10O4/c9-3-4-11-6-8-2-1-7(5-10)12-8/h1-2,5,9H,3-4,6H2. The van der Waals surface area contributed by atoms with Crippen molar-refractivity contribution < 1.29 is 19.1 Å². The summed E-state index contributed by atoms with van der Waals surface area (Å²) in [6.07, 6.45) is 0.634. The van der Waals surface area contributed by atoms with E-state index < -0.39 is 0 Å². The van der Waals surface area contributed by atoms with Gasteiger partial charge < -0.3 is 14.3 Å². The third-order valence-electron chi connectivity index (χ3n) is 1.28. The van der Waals surface area contributed by atoms with Crippen molar-refractivity contribution in [2.24, 2.45) is 0 Å². The molecule has 0 aliphatic heterocycles. The van der Waals surface area contributed by atoms with E-state index in [1.165, 1.54) is 0 Å². The lowest BCUT2D eigenvalue weighted by Crippen LogP contribution is -1.98. The molecule has 0 spiro atoms. The van der Waals surface area contributed by atoms with Gasteiger partial charge in [-0.3, -0.25) is 4.79 Å². The van der Waals surface area contributed by atoms with E-state index in [0.717, 1.165) is 0 Å². The fourth-order valence-corrected chi connectivity index (χ4v) is 0.773. The van der Waals surface area contributed by atoms with Crippen molar-refractivity contribution in [2.75, 3.05) is 13.2 Å². The first-order valence-corrected chi connectivity index (χ1v) is 3.59. The summed E-state index contributed by atoms with van der Waals surface area (Å²) in [7, 11) is 0. The Kier molecular flexibility index (Phi) is 3.50. The SMILES string of the molecule is O=Cc1ccc(COCCO)o1. The van der Waals surface area contributed by atoms with E-state index in [2.05, 4.69) is 0 Å².